The highest BCUT2D eigenvalue weighted by Crippen LogP contribution is 2.33. The first-order valence-corrected chi connectivity index (χ1v) is 13.7. The normalized spacial score (nSPS) is 11.2. The number of nitrogens with one attached hydrogen (secondary N) is 2. The Hall–Kier alpha value is -5.01. The topological polar surface area (TPSA) is 148 Å². The van der Waals surface area contributed by atoms with Crippen molar-refractivity contribution in [3.63, 3.8) is 0 Å². The van der Waals surface area contributed by atoms with Gasteiger partial charge in [-0.25, -0.2) is 13.4 Å². The van der Waals surface area contributed by atoms with Crippen molar-refractivity contribution < 1.29 is 13.2 Å². The van der Waals surface area contributed by atoms with Crippen LogP contribution in [0.1, 0.15) is 18.2 Å². The molecule has 3 heterocycles. The van der Waals surface area contributed by atoms with E-state index in [1.54, 1.807) is 37.4 Å². The molecule has 0 unspecified atom stereocenters. The number of anilines is 1. The van der Waals surface area contributed by atoms with Gasteiger partial charge >= 0.3 is 0 Å². The number of sulfone groups is 1. The van der Waals surface area contributed by atoms with E-state index in [9.17, 15) is 18.0 Å². The summed E-state index contributed by atoms with van der Waals surface area (Å²) in [5, 5.41) is 4.91. The molecule has 5 rings (SSSR count). The van der Waals surface area contributed by atoms with Crippen LogP contribution < -0.4 is 16.6 Å². The number of primary amides is 1. The Bertz CT molecular complexity index is 1960. The number of rotatable bonds is 6. The van der Waals surface area contributed by atoms with E-state index >= 15 is 0 Å². The lowest BCUT2D eigenvalue weighted by molar-refractivity contribution is -0.112. The van der Waals surface area contributed by atoms with Gasteiger partial charge in [0.15, 0.2) is 9.84 Å². The van der Waals surface area contributed by atoms with Crippen molar-refractivity contribution in [2.45, 2.75) is 18.4 Å². The summed E-state index contributed by atoms with van der Waals surface area (Å²) in [6, 6.07) is 17.8. The third-order valence-corrected chi connectivity index (χ3v) is 7.99. The number of H-pyrrole nitrogens is 1. The van der Waals surface area contributed by atoms with E-state index in [2.05, 4.69) is 27.1 Å². The Kier molecular flexibility index (Phi) is 6.83. The summed E-state index contributed by atoms with van der Waals surface area (Å²) in [4.78, 5) is 36.4. The molecular formula is C29H23N5O4S. The van der Waals surface area contributed by atoms with Crippen molar-refractivity contribution >= 4 is 43.2 Å². The third-order valence-electron chi connectivity index (χ3n) is 6.24. The van der Waals surface area contributed by atoms with Gasteiger partial charge in [-0.1, -0.05) is 43.2 Å². The third kappa shape index (κ3) is 5.21. The minimum atomic E-state index is -3.33. The van der Waals surface area contributed by atoms with Crippen molar-refractivity contribution in [2.75, 3.05) is 11.1 Å². The van der Waals surface area contributed by atoms with Crippen molar-refractivity contribution in [1.29, 1.82) is 0 Å². The first-order valence-electron chi connectivity index (χ1n) is 12.0. The number of aromatic nitrogens is 3. The summed E-state index contributed by atoms with van der Waals surface area (Å²) in [5.74, 6) is 4.72. The van der Waals surface area contributed by atoms with Crippen LogP contribution in [0.2, 0.25) is 0 Å². The van der Waals surface area contributed by atoms with Crippen molar-refractivity contribution in [2.24, 2.45) is 5.73 Å². The molecule has 0 saturated carbocycles. The molecule has 9 nitrogen and oxygen atoms in total. The second-order valence-corrected chi connectivity index (χ2v) is 11.0. The van der Waals surface area contributed by atoms with Gasteiger partial charge in [0.2, 0.25) is 0 Å². The second kappa shape index (κ2) is 10.4. The van der Waals surface area contributed by atoms with E-state index in [0.717, 1.165) is 16.8 Å². The Morgan fingerprint density at radius 3 is 2.51 bits per heavy atom. The van der Waals surface area contributed by atoms with Crippen molar-refractivity contribution in [1.82, 2.24) is 15.0 Å². The van der Waals surface area contributed by atoms with Crippen LogP contribution in [0.5, 0.6) is 0 Å². The Labute approximate surface area is 224 Å². The molecule has 0 atom stereocenters. The number of carbonyl (C=O) groups is 1. The maximum absolute atomic E-state index is 13.1. The molecule has 194 valence electrons. The average molecular weight is 538 g/mol. The van der Waals surface area contributed by atoms with Crippen LogP contribution >= 0.6 is 0 Å². The first-order chi connectivity index (χ1) is 18.8. The maximum Gasteiger partial charge on any atom is 0.293 e. The van der Waals surface area contributed by atoms with Gasteiger partial charge in [-0.05, 0) is 41.5 Å². The van der Waals surface area contributed by atoms with E-state index in [4.69, 9.17) is 10.7 Å². The summed E-state index contributed by atoms with van der Waals surface area (Å²) in [5.41, 5.74) is 7.85. The molecule has 0 aliphatic heterocycles. The van der Waals surface area contributed by atoms with Gasteiger partial charge < -0.3 is 16.0 Å². The molecule has 0 aliphatic carbocycles. The SMILES string of the molecule is CCS(=O)(=O)c1ccc(-c2ccc3c(NCc4ccccn4)nc4c(C#CC(N)=O)c[nH]c(=O)c4c3c2)cc1. The van der Waals surface area contributed by atoms with E-state index in [1.165, 1.54) is 6.20 Å². The fraction of sp³-hybridized carbons (Fsp3) is 0.103. The number of aromatic amines is 1. The predicted molar refractivity (Wildman–Crippen MR) is 151 cm³/mol. The molecular weight excluding hydrogens is 514 g/mol. The summed E-state index contributed by atoms with van der Waals surface area (Å²) in [7, 11) is -3.33. The molecule has 0 aliphatic rings. The highest BCUT2D eigenvalue weighted by atomic mass is 32.2. The van der Waals surface area contributed by atoms with Crippen LogP contribution in [0.4, 0.5) is 5.82 Å². The van der Waals surface area contributed by atoms with Crippen LogP contribution in [0.25, 0.3) is 32.8 Å². The van der Waals surface area contributed by atoms with Crippen LogP contribution in [0.15, 0.2) is 82.7 Å². The highest BCUT2D eigenvalue weighted by Gasteiger charge is 2.16. The number of pyridine rings is 3. The van der Waals surface area contributed by atoms with Crippen LogP contribution in [-0.2, 0) is 21.2 Å². The number of hydrogen-bond acceptors (Lipinski definition) is 7. The van der Waals surface area contributed by atoms with Gasteiger partial charge in [-0.3, -0.25) is 14.6 Å². The van der Waals surface area contributed by atoms with E-state index < -0.39 is 15.7 Å². The number of fused-ring (bicyclic) bond motifs is 3. The minimum Gasteiger partial charge on any atom is -0.364 e. The molecule has 5 aromatic rings. The monoisotopic (exact) mass is 537 g/mol. The lowest BCUT2D eigenvalue weighted by atomic mass is 9.98. The van der Waals surface area contributed by atoms with Gasteiger partial charge in [0.1, 0.15) is 5.82 Å². The summed E-state index contributed by atoms with van der Waals surface area (Å²) >= 11 is 0. The minimum absolute atomic E-state index is 0.0132. The zero-order valence-corrected chi connectivity index (χ0v) is 21.7. The van der Waals surface area contributed by atoms with Gasteiger partial charge in [-0.15, -0.1) is 0 Å². The average Bonchev–Trinajstić information content (AvgIpc) is 2.95. The standard InChI is InChI=1S/C29H23N5O4S/c1-2-39(37,38)22-10-6-18(7-11-22)19-8-12-23-24(15-19)26-27(20(9-13-25(30)35)16-33-29(26)36)34-28(23)32-17-21-5-3-4-14-31-21/h3-8,10-12,14-16H,2,17H2,1H3,(H2,30,35)(H,32,34)(H,33,36). The molecule has 39 heavy (non-hydrogen) atoms. The Balaban J connectivity index is 1.72. The zero-order valence-electron chi connectivity index (χ0n) is 20.9. The van der Waals surface area contributed by atoms with Gasteiger partial charge in [0.05, 0.1) is 39.4 Å². The molecule has 10 heteroatoms. The molecule has 0 spiro atoms. The molecule has 0 radical (unpaired) electrons. The zero-order chi connectivity index (χ0) is 27.6. The lowest BCUT2D eigenvalue weighted by Gasteiger charge is -2.13. The van der Waals surface area contributed by atoms with Crippen LogP contribution in [0.3, 0.4) is 0 Å². The summed E-state index contributed by atoms with van der Waals surface area (Å²) in [6.45, 7) is 1.99. The van der Waals surface area contributed by atoms with Gasteiger partial charge in [0, 0.05) is 29.1 Å². The molecule has 0 fully saturated rings. The number of nitrogens with two attached hydrogens (primary N) is 1. The number of amides is 1. The van der Waals surface area contributed by atoms with E-state index in [1.807, 2.05) is 36.4 Å². The maximum atomic E-state index is 13.1. The molecule has 0 bridgehead atoms. The number of nitrogens with zero attached hydrogens (tertiary/aromatic N) is 2. The lowest BCUT2D eigenvalue weighted by Crippen LogP contribution is -2.11. The summed E-state index contributed by atoms with van der Waals surface area (Å²) in [6.07, 6.45) is 3.10. The van der Waals surface area contributed by atoms with Crippen LogP contribution in [-0.4, -0.2) is 35.0 Å². The molecule has 2 aromatic carbocycles. The van der Waals surface area contributed by atoms with Crippen LogP contribution in [0, 0.1) is 11.8 Å². The Morgan fingerprint density at radius 1 is 1.05 bits per heavy atom. The van der Waals surface area contributed by atoms with Gasteiger partial charge in [-0.2, -0.15) is 0 Å². The smallest absolute Gasteiger partial charge is 0.293 e. The van der Waals surface area contributed by atoms with Crippen molar-refractivity contribution in [3.8, 4) is 23.0 Å². The Morgan fingerprint density at radius 2 is 1.82 bits per heavy atom. The van der Waals surface area contributed by atoms with Gasteiger partial charge in [0.25, 0.3) is 11.5 Å². The predicted octanol–water partition coefficient (Wildman–Crippen LogP) is 3.38. The number of hydrogen-bond donors (Lipinski definition) is 3. The number of benzene rings is 2. The molecule has 4 N–H and O–H groups in total. The largest absolute Gasteiger partial charge is 0.364 e. The van der Waals surface area contributed by atoms with Crippen molar-refractivity contribution in [3.05, 3.63) is 94.7 Å². The molecule has 1 amide bonds. The molecule has 3 aromatic heterocycles. The second-order valence-electron chi connectivity index (χ2n) is 8.69. The summed E-state index contributed by atoms with van der Waals surface area (Å²) < 4.78 is 24.5. The van der Waals surface area contributed by atoms with E-state index in [0.29, 0.717) is 39.6 Å². The first kappa shape index (κ1) is 25.6. The fourth-order valence-corrected chi connectivity index (χ4v) is 5.14. The fourth-order valence-electron chi connectivity index (χ4n) is 4.25. The number of carbonyl (C=O) groups excluding carboxylic acids is 1. The molecule has 0 saturated heterocycles. The highest BCUT2D eigenvalue weighted by molar-refractivity contribution is 7.91. The van der Waals surface area contributed by atoms with E-state index in [-0.39, 0.29) is 16.2 Å². The quantitative estimate of drug-likeness (QED) is 0.222.